The van der Waals surface area contributed by atoms with Crippen LogP contribution in [0.4, 0.5) is 5.82 Å². The normalized spacial score (nSPS) is 22.8. The fourth-order valence-corrected chi connectivity index (χ4v) is 3.76. The van der Waals surface area contributed by atoms with Crippen LogP contribution in [0.15, 0.2) is 18.6 Å². The number of nitrogens with zero attached hydrogens (tertiary/aromatic N) is 3. The van der Waals surface area contributed by atoms with Crippen LogP contribution in [-0.2, 0) is 4.79 Å². The first-order chi connectivity index (χ1) is 10.8. The number of aromatic nitrogens is 3. The van der Waals surface area contributed by atoms with Gasteiger partial charge in [0.15, 0.2) is 5.82 Å². The van der Waals surface area contributed by atoms with Gasteiger partial charge in [-0.15, -0.1) is 0 Å². The first-order valence-electron chi connectivity index (χ1n) is 8.12. The highest BCUT2D eigenvalue weighted by Gasteiger charge is 2.35. The number of fused-ring (bicyclic) bond motifs is 1. The number of carbonyl (C=O) groups excluding carboxylic acids is 1. The lowest BCUT2D eigenvalue weighted by atomic mass is 10.1. The topological polar surface area (TPSA) is 73.9 Å². The summed E-state index contributed by atoms with van der Waals surface area (Å²) in [5.41, 5.74) is 1.84. The molecule has 0 unspecified atom stereocenters. The number of rotatable bonds is 4. The molecular formula is C16H21N5O. The van der Waals surface area contributed by atoms with Gasteiger partial charge in [-0.1, -0.05) is 12.8 Å². The molecule has 1 amide bonds. The first-order valence-corrected chi connectivity index (χ1v) is 8.12. The van der Waals surface area contributed by atoms with Crippen molar-refractivity contribution in [1.82, 2.24) is 19.9 Å². The smallest absolute Gasteiger partial charge is 0.223 e. The molecule has 0 spiro atoms. The van der Waals surface area contributed by atoms with Crippen molar-refractivity contribution in [3.8, 4) is 0 Å². The van der Waals surface area contributed by atoms with Gasteiger partial charge in [-0.2, -0.15) is 0 Å². The van der Waals surface area contributed by atoms with E-state index in [0.29, 0.717) is 24.3 Å². The minimum Gasteiger partial charge on any atom is -0.368 e. The SMILES string of the molecule is O=C1C[C@H](CNc2ncnc3cc[nH]c23)CN1C1CCCC1. The maximum atomic E-state index is 12.2. The summed E-state index contributed by atoms with van der Waals surface area (Å²) in [5.74, 6) is 1.52. The number of aromatic amines is 1. The van der Waals surface area contributed by atoms with Crippen LogP contribution in [0.5, 0.6) is 0 Å². The number of anilines is 1. The van der Waals surface area contributed by atoms with E-state index >= 15 is 0 Å². The van der Waals surface area contributed by atoms with Gasteiger partial charge in [0, 0.05) is 37.7 Å². The summed E-state index contributed by atoms with van der Waals surface area (Å²) in [5, 5.41) is 3.39. The number of amides is 1. The van der Waals surface area contributed by atoms with E-state index < -0.39 is 0 Å². The molecule has 2 fully saturated rings. The number of hydrogen-bond acceptors (Lipinski definition) is 4. The van der Waals surface area contributed by atoms with E-state index in [-0.39, 0.29) is 0 Å². The summed E-state index contributed by atoms with van der Waals surface area (Å²) in [6.45, 7) is 1.66. The van der Waals surface area contributed by atoms with E-state index in [4.69, 9.17) is 0 Å². The third-order valence-electron chi connectivity index (χ3n) is 4.91. The van der Waals surface area contributed by atoms with Crippen LogP contribution in [0, 0.1) is 5.92 Å². The minimum absolute atomic E-state index is 0.325. The monoisotopic (exact) mass is 299 g/mol. The average molecular weight is 299 g/mol. The molecule has 6 heteroatoms. The third-order valence-corrected chi connectivity index (χ3v) is 4.91. The Kier molecular flexibility index (Phi) is 3.44. The maximum absolute atomic E-state index is 12.2. The van der Waals surface area contributed by atoms with Crippen molar-refractivity contribution in [3.05, 3.63) is 18.6 Å². The van der Waals surface area contributed by atoms with E-state index in [0.717, 1.165) is 29.9 Å². The third kappa shape index (κ3) is 2.42. The zero-order valence-corrected chi connectivity index (χ0v) is 12.6. The summed E-state index contributed by atoms with van der Waals surface area (Å²) >= 11 is 0. The Morgan fingerprint density at radius 3 is 3.05 bits per heavy atom. The van der Waals surface area contributed by atoms with Crippen LogP contribution >= 0.6 is 0 Å². The van der Waals surface area contributed by atoms with Crippen LogP contribution in [0.2, 0.25) is 0 Å². The zero-order valence-electron chi connectivity index (χ0n) is 12.6. The lowest BCUT2D eigenvalue weighted by Gasteiger charge is -2.24. The zero-order chi connectivity index (χ0) is 14.9. The highest BCUT2D eigenvalue weighted by Crippen LogP contribution is 2.29. The average Bonchev–Trinajstić information content (AvgIpc) is 3.25. The van der Waals surface area contributed by atoms with Crippen LogP contribution < -0.4 is 5.32 Å². The summed E-state index contributed by atoms with van der Waals surface area (Å²) in [7, 11) is 0. The number of H-pyrrole nitrogens is 1. The van der Waals surface area contributed by atoms with Crippen LogP contribution in [0.25, 0.3) is 11.0 Å². The van der Waals surface area contributed by atoms with Crippen molar-refractivity contribution in [2.75, 3.05) is 18.4 Å². The Labute approximate surface area is 129 Å². The maximum Gasteiger partial charge on any atom is 0.223 e. The van der Waals surface area contributed by atoms with Gasteiger partial charge in [0.05, 0.1) is 5.52 Å². The highest BCUT2D eigenvalue weighted by molar-refractivity contribution is 5.85. The lowest BCUT2D eigenvalue weighted by molar-refractivity contribution is -0.129. The van der Waals surface area contributed by atoms with Gasteiger partial charge in [-0.25, -0.2) is 9.97 Å². The van der Waals surface area contributed by atoms with Crippen molar-refractivity contribution in [2.45, 2.75) is 38.1 Å². The van der Waals surface area contributed by atoms with E-state index in [2.05, 4.69) is 25.2 Å². The molecule has 2 aromatic rings. The molecule has 1 aliphatic heterocycles. The second-order valence-corrected chi connectivity index (χ2v) is 6.40. The quantitative estimate of drug-likeness (QED) is 0.907. The molecule has 2 N–H and O–H groups in total. The Balaban J connectivity index is 1.40. The minimum atomic E-state index is 0.325. The molecule has 1 aliphatic carbocycles. The molecular weight excluding hydrogens is 278 g/mol. The molecule has 1 saturated heterocycles. The van der Waals surface area contributed by atoms with E-state index in [9.17, 15) is 4.79 Å². The number of nitrogens with one attached hydrogen (secondary N) is 2. The Hall–Kier alpha value is -2.11. The fraction of sp³-hybridized carbons (Fsp3) is 0.562. The van der Waals surface area contributed by atoms with Gasteiger partial charge in [0.25, 0.3) is 0 Å². The summed E-state index contributed by atoms with van der Waals surface area (Å²) in [4.78, 5) is 26.0. The second kappa shape index (κ2) is 5.59. The van der Waals surface area contributed by atoms with Crippen molar-refractivity contribution in [1.29, 1.82) is 0 Å². The number of carbonyl (C=O) groups is 1. The van der Waals surface area contributed by atoms with Gasteiger partial charge in [0.2, 0.25) is 5.91 Å². The Bertz CT molecular complexity index is 676. The van der Waals surface area contributed by atoms with Crippen molar-refractivity contribution < 1.29 is 4.79 Å². The number of hydrogen-bond donors (Lipinski definition) is 2. The van der Waals surface area contributed by atoms with Crippen molar-refractivity contribution in [2.24, 2.45) is 5.92 Å². The molecule has 2 aliphatic rings. The molecule has 0 aromatic carbocycles. The van der Waals surface area contributed by atoms with Crippen LogP contribution in [0.1, 0.15) is 32.1 Å². The summed E-state index contributed by atoms with van der Waals surface area (Å²) < 4.78 is 0. The Morgan fingerprint density at radius 2 is 2.18 bits per heavy atom. The van der Waals surface area contributed by atoms with E-state index in [1.807, 2.05) is 12.3 Å². The molecule has 1 atom stereocenters. The predicted molar refractivity (Wildman–Crippen MR) is 84.5 cm³/mol. The van der Waals surface area contributed by atoms with Gasteiger partial charge < -0.3 is 15.2 Å². The molecule has 116 valence electrons. The van der Waals surface area contributed by atoms with E-state index in [1.165, 1.54) is 25.7 Å². The fourth-order valence-electron chi connectivity index (χ4n) is 3.76. The second-order valence-electron chi connectivity index (χ2n) is 6.40. The van der Waals surface area contributed by atoms with Gasteiger partial charge in [-0.3, -0.25) is 4.79 Å². The van der Waals surface area contributed by atoms with Gasteiger partial charge >= 0.3 is 0 Å². The molecule has 0 bridgehead atoms. The van der Waals surface area contributed by atoms with Crippen molar-refractivity contribution >= 4 is 22.8 Å². The van der Waals surface area contributed by atoms with Crippen molar-refractivity contribution in [3.63, 3.8) is 0 Å². The molecule has 1 saturated carbocycles. The number of likely N-dealkylation sites (tertiary alicyclic amines) is 1. The largest absolute Gasteiger partial charge is 0.368 e. The summed E-state index contributed by atoms with van der Waals surface area (Å²) in [6, 6.07) is 2.43. The van der Waals surface area contributed by atoms with Crippen LogP contribution in [0.3, 0.4) is 0 Å². The van der Waals surface area contributed by atoms with Crippen LogP contribution in [-0.4, -0.2) is 44.9 Å². The molecule has 6 nitrogen and oxygen atoms in total. The molecule has 22 heavy (non-hydrogen) atoms. The first kappa shape index (κ1) is 13.5. The highest BCUT2D eigenvalue weighted by atomic mass is 16.2. The van der Waals surface area contributed by atoms with Gasteiger partial charge in [-0.05, 0) is 18.9 Å². The Morgan fingerprint density at radius 1 is 1.32 bits per heavy atom. The lowest BCUT2D eigenvalue weighted by Crippen LogP contribution is -2.34. The predicted octanol–water partition coefficient (Wildman–Crippen LogP) is 2.16. The molecule has 0 radical (unpaired) electrons. The van der Waals surface area contributed by atoms with E-state index in [1.54, 1.807) is 6.33 Å². The molecule has 2 aromatic heterocycles. The molecule has 4 rings (SSSR count). The molecule has 3 heterocycles. The van der Waals surface area contributed by atoms with Gasteiger partial charge in [0.1, 0.15) is 11.8 Å². The summed E-state index contributed by atoms with van der Waals surface area (Å²) in [6.07, 6.45) is 8.99. The standard InChI is InChI=1S/C16H21N5O/c22-14-7-11(9-21(14)12-3-1-2-4-12)8-18-16-15-13(5-6-17-15)19-10-20-16/h5-6,10-12,17H,1-4,7-9H2,(H,18,19,20)/t11-/m1/s1.